The highest BCUT2D eigenvalue weighted by molar-refractivity contribution is 7.81. The summed E-state index contributed by atoms with van der Waals surface area (Å²) in [7, 11) is 0. The number of aromatic nitrogens is 3. The number of allylic oxidation sites excluding steroid dienone is 1. The number of nitrogens with zero attached hydrogens (tertiary/aromatic N) is 5. The Hall–Kier alpha value is -1.97. The van der Waals surface area contributed by atoms with E-state index >= 15 is 0 Å². The summed E-state index contributed by atoms with van der Waals surface area (Å²) < 4.78 is 33.9. The Kier molecular flexibility index (Phi) is 5.51. The molecular formula is C21H25F2N5OS. The van der Waals surface area contributed by atoms with Crippen LogP contribution in [0.5, 0.6) is 0 Å². The smallest absolute Gasteiger partial charge is 0.333 e. The quantitative estimate of drug-likeness (QED) is 0.745. The number of hydrogen-bond acceptors (Lipinski definition) is 6. The van der Waals surface area contributed by atoms with Gasteiger partial charge in [0.25, 0.3) is 0 Å². The minimum atomic E-state index is -2.64. The fraction of sp³-hybridized carbons (Fsp3) is 0.524. The van der Waals surface area contributed by atoms with Gasteiger partial charge in [0.2, 0.25) is 0 Å². The van der Waals surface area contributed by atoms with E-state index in [4.69, 9.17) is 4.74 Å². The van der Waals surface area contributed by atoms with Crippen LogP contribution in [0, 0.1) is 0 Å². The van der Waals surface area contributed by atoms with Crippen molar-refractivity contribution >= 4 is 24.2 Å². The van der Waals surface area contributed by atoms with Crippen molar-refractivity contribution < 1.29 is 13.5 Å². The Labute approximate surface area is 180 Å². The third kappa shape index (κ3) is 3.74. The van der Waals surface area contributed by atoms with E-state index in [0.717, 1.165) is 68.1 Å². The molecule has 1 fully saturated rings. The van der Waals surface area contributed by atoms with Crippen LogP contribution in [0.1, 0.15) is 48.4 Å². The van der Waals surface area contributed by atoms with E-state index in [9.17, 15) is 8.78 Å². The summed E-state index contributed by atoms with van der Waals surface area (Å²) in [6.07, 6.45) is 10.4. The summed E-state index contributed by atoms with van der Waals surface area (Å²) in [4.78, 5) is 7.18. The van der Waals surface area contributed by atoms with E-state index in [1.807, 2.05) is 6.20 Å². The number of rotatable bonds is 4. The predicted molar refractivity (Wildman–Crippen MR) is 114 cm³/mol. The number of hydrogen-bond donors (Lipinski definition) is 1. The van der Waals surface area contributed by atoms with Crippen molar-refractivity contribution in [1.82, 2.24) is 19.7 Å². The molecule has 6 nitrogen and oxygen atoms in total. The van der Waals surface area contributed by atoms with Gasteiger partial charge >= 0.3 is 6.55 Å². The van der Waals surface area contributed by atoms with Gasteiger partial charge in [-0.15, -0.1) is 0 Å². The summed E-state index contributed by atoms with van der Waals surface area (Å²) in [6, 6.07) is 2.74. The molecule has 2 aliphatic heterocycles. The highest BCUT2D eigenvalue weighted by Gasteiger charge is 2.32. The van der Waals surface area contributed by atoms with E-state index in [0.29, 0.717) is 17.3 Å². The third-order valence-corrected chi connectivity index (χ3v) is 6.76. The van der Waals surface area contributed by atoms with Crippen molar-refractivity contribution in [2.75, 3.05) is 37.2 Å². The van der Waals surface area contributed by atoms with Crippen LogP contribution in [0.25, 0.3) is 5.57 Å². The van der Waals surface area contributed by atoms with Crippen LogP contribution in [0.2, 0.25) is 0 Å². The van der Waals surface area contributed by atoms with E-state index < -0.39 is 6.55 Å². The van der Waals surface area contributed by atoms with Gasteiger partial charge in [-0.25, -0.2) is 9.67 Å². The molecule has 0 aromatic carbocycles. The lowest BCUT2D eigenvalue weighted by Crippen LogP contribution is -2.43. The molecular weight excluding hydrogens is 408 g/mol. The zero-order chi connectivity index (χ0) is 20.7. The second-order valence-corrected chi connectivity index (χ2v) is 8.59. The van der Waals surface area contributed by atoms with Crippen molar-refractivity contribution in [3.63, 3.8) is 0 Å². The molecule has 5 rings (SSSR count). The first kappa shape index (κ1) is 20.0. The lowest BCUT2D eigenvalue weighted by atomic mass is 9.88. The van der Waals surface area contributed by atoms with Crippen molar-refractivity contribution in [1.29, 1.82) is 0 Å². The number of thiol groups is 1. The van der Waals surface area contributed by atoms with Gasteiger partial charge in [-0.2, -0.15) is 13.9 Å². The Bertz CT molecular complexity index is 943. The molecule has 160 valence electrons. The molecule has 1 saturated heterocycles. The number of pyridine rings is 1. The van der Waals surface area contributed by atoms with E-state index in [2.05, 4.69) is 39.9 Å². The van der Waals surface area contributed by atoms with E-state index in [1.165, 1.54) is 18.0 Å². The lowest BCUT2D eigenvalue weighted by molar-refractivity contribution is 0.0150. The summed E-state index contributed by atoms with van der Waals surface area (Å²) in [6.45, 7) is 1.63. The van der Waals surface area contributed by atoms with Crippen LogP contribution < -0.4 is 4.31 Å². The van der Waals surface area contributed by atoms with E-state index in [1.54, 1.807) is 4.31 Å². The van der Waals surface area contributed by atoms with Gasteiger partial charge < -0.3 is 9.04 Å². The van der Waals surface area contributed by atoms with Crippen LogP contribution in [0.4, 0.5) is 14.6 Å². The summed E-state index contributed by atoms with van der Waals surface area (Å²) in [5, 5.41) is 3.80. The molecule has 2 aromatic heterocycles. The number of fused-ring (bicyclic) bond motifs is 1. The van der Waals surface area contributed by atoms with Gasteiger partial charge in [-0.3, -0.25) is 4.90 Å². The Balaban J connectivity index is 1.37. The standard InChI is InChI=1S/C21H25F2N5OS/c22-21(23)27-12-16(11-25-27)19-13-28(30)20-18(19)9-15(10-24-20)14-1-3-17(4-2-14)26-5-7-29-8-6-26/h1,9-12,17,19,21,30H,2-8,13H2. The third-order valence-electron chi connectivity index (χ3n) is 6.41. The van der Waals surface area contributed by atoms with Gasteiger partial charge in [-0.05, 0) is 42.0 Å². The maximum Gasteiger partial charge on any atom is 0.333 e. The highest BCUT2D eigenvalue weighted by Crippen LogP contribution is 2.41. The molecule has 0 radical (unpaired) electrons. The van der Waals surface area contributed by atoms with Gasteiger partial charge in [0, 0.05) is 49.6 Å². The number of ether oxygens (including phenoxy) is 1. The Morgan fingerprint density at radius 2 is 2.03 bits per heavy atom. The average Bonchev–Trinajstić information content (AvgIpc) is 3.39. The van der Waals surface area contributed by atoms with Crippen molar-refractivity contribution in [3.05, 3.63) is 47.4 Å². The average molecular weight is 434 g/mol. The highest BCUT2D eigenvalue weighted by atomic mass is 32.1. The second-order valence-electron chi connectivity index (χ2n) is 8.11. The molecule has 0 saturated carbocycles. The predicted octanol–water partition coefficient (Wildman–Crippen LogP) is 3.74. The Morgan fingerprint density at radius 1 is 1.20 bits per heavy atom. The fourth-order valence-corrected chi connectivity index (χ4v) is 5.09. The first-order chi connectivity index (χ1) is 14.6. The fourth-order valence-electron chi connectivity index (χ4n) is 4.76. The van der Waals surface area contributed by atoms with Gasteiger partial charge in [0.05, 0.1) is 19.4 Å². The summed E-state index contributed by atoms with van der Waals surface area (Å²) >= 11 is 4.53. The molecule has 0 N–H and O–H groups in total. The second kappa shape index (κ2) is 8.28. The normalized spacial score (nSPS) is 24.9. The van der Waals surface area contributed by atoms with Crippen LogP contribution in [-0.4, -0.2) is 58.6 Å². The number of morpholine rings is 1. The number of alkyl halides is 2. The van der Waals surface area contributed by atoms with Crippen molar-refractivity contribution in [3.8, 4) is 0 Å². The lowest BCUT2D eigenvalue weighted by Gasteiger charge is -2.36. The van der Waals surface area contributed by atoms with Crippen molar-refractivity contribution in [2.24, 2.45) is 0 Å². The largest absolute Gasteiger partial charge is 0.379 e. The molecule has 4 heterocycles. The molecule has 0 spiro atoms. The van der Waals surface area contributed by atoms with Crippen LogP contribution in [-0.2, 0) is 4.74 Å². The van der Waals surface area contributed by atoms with E-state index in [-0.39, 0.29) is 5.92 Å². The minimum absolute atomic E-state index is 0.0669. The molecule has 9 heteroatoms. The molecule has 1 aliphatic carbocycles. The zero-order valence-electron chi connectivity index (χ0n) is 16.6. The van der Waals surface area contributed by atoms with Gasteiger partial charge in [0.15, 0.2) is 0 Å². The summed E-state index contributed by atoms with van der Waals surface area (Å²) in [5.41, 5.74) is 4.21. The van der Waals surface area contributed by atoms with Gasteiger partial charge in [-0.1, -0.05) is 18.9 Å². The van der Waals surface area contributed by atoms with Crippen LogP contribution in [0.3, 0.4) is 0 Å². The molecule has 2 unspecified atom stereocenters. The van der Waals surface area contributed by atoms with Crippen molar-refractivity contribution in [2.45, 2.75) is 37.8 Å². The molecule has 0 amide bonds. The SMILES string of the molecule is FC(F)n1cc(C2CN(S)c3ncc(C4=CCC(N5CCOCC5)CC4)cc32)cn1. The molecule has 2 atom stereocenters. The maximum atomic E-state index is 13.0. The number of halogens is 2. The first-order valence-electron chi connectivity index (χ1n) is 10.4. The minimum Gasteiger partial charge on any atom is -0.379 e. The zero-order valence-corrected chi connectivity index (χ0v) is 17.5. The molecule has 30 heavy (non-hydrogen) atoms. The molecule has 2 aromatic rings. The molecule has 0 bridgehead atoms. The number of anilines is 1. The molecule has 3 aliphatic rings. The maximum absolute atomic E-state index is 13.0. The van der Waals surface area contributed by atoms with Gasteiger partial charge in [0.1, 0.15) is 5.82 Å². The van der Waals surface area contributed by atoms with Crippen LogP contribution >= 0.6 is 12.8 Å². The summed E-state index contributed by atoms with van der Waals surface area (Å²) in [5.74, 6) is 0.724. The monoisotopic (exact) mass is 433 g/mol. The van der Waals surface area contributed by atoms with Crippen LogP contribution in [0.15, 0.2) is 30.7 Å². The Morgan fingerprint density at radius 3 is 2.73 bits per heavy atom. The topological polar surface area (TPSA) is 46.4 Å². The first-order valence-corrected chi connectivity index (χ1v) is 10.8.